The summed E-state index contributed by atoms with van der Waals surface area (Å²) in [4.78, 5) is 29.5. The van der Waals surface area contributed by atoms with Gasteiger partial charge in [0.05, 0.1) is 34.8 Å². The third-order valence-corrected chi connectivity index (χ3v) is 6.01. The van der Waals surface area contributed by atoms with Crippen LogP contribution in [0.3, 0.4) is 0 Å². The Balaban J connectivity index is 1.83. The number of ketones is 1. The van der Waals surface area contributed by atoms with Crippen LogP contribution in [0.5, 0.6) is 0 Å². The molecule has 1 amide bonds. The number of carbonyl (C=O) groups is 2. The van der Waals surface area contributed by atoms with Crippen molar-refractivity contribution in [2.75, 3.05) is 27.2 Å². The summed E-state index contributed by atoms with van der Waals surface area (Å²) in [6.45, 7) is 2.71. The van der Waals surface area contributed by atoms with Crippen LogP contribution in [-0.4, -0.2) is 63.6 Å². The molecule has 0 bridgehead atoms. The molecule has 3 aromatic rings. The summed E-state index contributed by atoms with van der Waals surface area (Å²) in [5, 5.41) is 15.7. The lowest BCUT2D eigenvalue weighted by Gasteiger charge is -2.26. The molecule has 7 nitrogen and oxygen atoms in total. The van der Waals surface area contributed by atoms with Crippen molar-refractivity contribution >= 4 is 17.4 Å². The lowest BCUT2D eigenvalue weighted by molar-refractivity contribution is -0.140. The summed E-state index contributed by atoms with van der Waals surface area (Å²) in [6, 6.07) is 14.4. The molecule has 1 atom stereocenters. The van der Waals surface area contributed by atoms with Gasteiger partial charge in [0.25, 0.3) is 11.7 Å². The Morgan fingerprint density at radius 1 is 1.09 bits per heavy atom. The highest BCUT2D eigenvalue weighted by Gasteiger charge is 2.47. The average Bonchev–Trinajstić information content (AvgIpc) is 3.32. The van der Waals surface area contributed by atoms with Crippen molar-refractivity contribution in [3.63, 3.8) is 0 Å². The van der Waals surface area contributed by atoms with Crippen LogP contribution in [0.4, 0.5) is 4.39 Å². The molecule has 0 unspecified atom stereocenters. The molecule has 1 saturated heterocycles. The molecule has 8 heteroatoms. The van der Waals surface area contributed by atoms with Crippen molar-refractivity contribution in [2.24, 2.45) is 0 Å². The van der Waals surface area contributed by atoms with Crippen LogP contribution in [0.1, 0.15) is 29.3 Å². The van der Waals surface area contributed by atoms with Crippen LogP contribution in [0, 0.1) is 12.7 Å². The highest BCUT2D eigenvalue weighted by atomic mass is 19.1. The number of aliphatic hydroxyl groups is 1. The van der Waals surface area contributed by atoms with Gasteiger partial charge in [-0.25, -0.2) is 9.07 Å². The van der Waals surface area contributed by atoms with Crippen molar-refractivity contribution in [3.05, 3.63) is 89.0 Å². The Hall–Kier alpha value is -3.78. The van der Waals surface area contributed by atoms with Crippen molar-refractivity contribution in [3.8, 4) is 5.69 Å². The average molecular weight is 463 g/mol. The topological polar surface area (TPSA) is 78.7 Å². The molecule has 34 heavy (non-hydrogen) atoms. The first-order valence-electron chi connectivity index (χ1n) is 11.1. The normalized spacial score (nSPS) is 17.7. The fraction of sp³-hybridized carbons (Fsp3) is 0.269. The maximum Gasteiger partial charge on any atom is 0.295 e. The molecule has 1 aromatic heterocycles. The standard InChI is InChI=1S/C26H27FN4O3/c1-17-20(16-28-31(17)18-10-5-4-6-11-18)24(32)22-23(19-12-7-8-13-21(19)27)30(26(34)25(22)33)15-9-14-29(2)3/h4-8,10-13,16,23,32H,9,14-15H2,1-3H3/t23-/m0/s1. The number of carbonyl (C=O) groups excluding carboxylic acids is 2. The minimum absolute atomic E-state index is 0.129. The smallest absolute Gasteiger partial charge is 0.295 e. The molecule has 1 fully saturated rings. The van der Waals surface area contributed by atoms with Crippen LogP contribution < -0.4 is 0 Å². The van der Waals surface area contributed by atoms with Crippen LogP contribution in [-0.2, 0) is 9.59 Å². The number of benzene rings is 2. The molecule has 1 N–H and O–H groups in total. The number of rotatable bonds is 7. The summed E-state index contributed by atoms with van der Waals surface area (Å²) in [5.74, 6) is -2.49. The predicted octanol–water partition coefficient (Wildman–Crippen LogP) is 3.69. The minimum Gasteiger partial charge on any atom is -0.507 e. The van der Waals surface area contributed by atoms with Crippen molar-refractivity contribution in [1.29, 1.82) is 0 Å². The summed E-state index contributed by atoms with van der Waals surface area (Å²) in [7, 11) is 3.82. The fourth-order valence-corrected chi connectivity index (χ4v) is 4.30. The zero-order valence-electron chi connectivity index (χ0n) is 19.4. The molecule has 4 rings (SSSR count). The molecule has 0 aliphatic carbocycles. The summed E-state index contributed by atoms with van der Waals surface area (Å²) >= 11 is 0. The minimum atomic E-state index is -1.03. The van der Waals surface area contributed by atoms with E-state index in [4.69, 9.17) is 0 Å². The van der Waals surface area contributed by atoms with Crippen LogP contribution in [0.2, 0.25) is 0 Å². The molecule has 0 radical (unpaired) electrons. The third kappa shape index (κ3) is 4.24. The molecule has 0 spiro atoms. The zero-order valence-corrected chi connectivity index (χ0v) is 19.4. The Labute approximate surface area is 197 Å². The number of hydrogen-bond acceptors (Lipinski definition) is 5. The van der Waals surface area contributed by atoms with Gasteiger partial charge in [-0.3, -0.25) is 9.59 Å². The maximum atomic E-state index is 14.9. The van der Waals surface area contributed by atoms with E-state index in [0.717, 1.165) is 5.69 Å². The van der Waals surface area contributed by atoms with E-state index in [1.54, 1.807) is 29.8 Å². The van der Waals surface area contributed by atoms with E-state index in [-0.39, 0.29) is 23.4 Å². The summed E-state index contributed by atoms with van der Waals surface area (Å²) < 4.78 is 16.5. The summed E-state index contributed by atoms with van der Waals surface area (Å²) in [6.07, 6.45) is 2.05. The van der Waals surface area contributed by atoms with E-state index in [0.29, 0.717) is 24.2 Å². The van der Waals surface area contributed by atoms with Gasteiger partial charge in [-0.1, -0.05) is 36.4 Å². The largest absolute Gasteiger partial charge is 0.507 e. The molecule has 1 aliphatic heterocycles. The molecule has 2 heterocycles. The van der Waals surface area contributed by atoms with Gasteiger partial charge in [0.1, 0.15) is 11.6 Å². The first kappa shape index (κ1) is 23.4. The number of likely N-dealkylation sites (tertiary alicyclic amines) is 1. The lowest BCUT2D eigenvalue weighted by atomic mass is 9.95. The Bertz CT molecular complexity index is 1250. The zero-order chi connectivity index (χ0) is 24.4. The van der Waals surface area contributed by atoms with Crippen LogP contribution in [0.25, 0.3) is 11.4 Å². The SMILES string of the molecule is Cc1c(C(O)=C2C(=O)C(=O)N(CCCN(C)C)[C@H]2c2ccccc2F)cnn1-c1ccccc1. The van der Waals surface area contributed by atoms with Gasteiger partial charge in [0, 0.05) is 12.1 Å². The number of amides is 1. The monoisotopic (exact) mass is 462 g/mol. The van der Waals surface area contributed by atoms with Gasteiger partial charge in [-0.15, -0.1) is 0 Å². The number of para-hydroxylation sites is 1. The number of aromatic nitrogens is 2. The fourth-order valence-electron chi connectivity index (χ4n) is 4.30. The quantitative estimate of drug-likeness (QED) is 0.329. The Morgan fingerprint density at radius 3 is 2.44 bits per heavy atom. The molecule has 176 valence electrons. The Kier molecular flexibility index (Phi) is 6.61. The lowest BCUT2D eigenvalue weighted by Crippen LogP contribution is -2.32. The van der Waals surface area contributed by atoms with E-state index in [1.165, 1.54) is 17.2 Å². The highest BCUT2D eigenvalue weighted by Crippen LogP contribution is 2.40. The third-order valence-electron chi connectivity index (χ3n) is 6.01. The van der Waals surface area contributed by atoms with Gasteiger partial charge in [-0.05, 0) is 52.2 Å². The summed E-state index contributed by atoms with van der Waals surface area (Å²) in [5.41, 5.74) is 1.73. The first-order chi connectivity index (χ1) is 16.3. The molecular weight excluding hydrogens is 435 g/mol. The van der Waals surface area contributed by atoms with Crippen molar-refractivity contribution in [1.82, 2.24) is 19.6 Å². The Morgan fingerprint density at radius 2 is 1.76 bits per heavy atom. The van der Waals surface area contributed by atoms with Gasteiger partial charge >= 0.3 is 0 Å². The second-order valence-electron chi connectivity index (χ2n) is 8.56. The molecular formula is C26H27FN4O3. The molecule has 1 aliphatic rings. The van der Waals surface area contributed by atoms with E-state index >= 15 is 0 Å². The van der Waals surface area contributed by atoms with Crippen LogP contribution in [0.15, 0.2) is 66.4 Å². The van der Waals surface area contributed by atoms with Gasteiger partial charge in [0.2, 0.25) is 0 Å². The second-order valence-corrected chi connectivity index (χ2v) is 8.56. The van der Waals surface area contributed by atoms with E-state index in [1.807, 2.05) is 49.3 Å². The van der Waals surface area contributed by atoms with Gasteiger partial charge < -0.3 is 14.9 Å². The van der Waals surface area contributed by atoms with Crippen molar-refractivity contribution in [2.45, 2.75) is 19.4 Å². The number of Topliss-reactive ketones (excluding diaryl/α,β-unsaturated/α-hetero) is 1. The maximum absolute atomic E-state index is 14.9. The number of nitrogens with zero attached hydrogens (tertiary/aromatic N) is 4. The molecule has 2 aromatic carbocycles. The van der Waals surface area contributed by atoms with Gasteiger partial charge in [0.15, 0.2) is 0 Å². The highest BCUT2D eigenvalue weighted by molar-refractivity contribution is 6.46. The van der Waals surface area contributed by atoms with Gasteiger partial charge in [-0.2, -0.15) is 5.10 Å². The van der Waals surface area contributed by atoms with E-state index < -0.39 is 23.5 Å². The predicted molar refractivity (Wildman–Crippen MR) is 127 cm³/mol. The number of halogens is 1. The second kappa shape index (κ2) is 9.61. The van der Waals surface area contributed by atoms with E-state index in [2.05, 4.69) is 5.10 Å². The first-order valence-corrected chi connectivity index (χ1v) is 11.1. The van der Waals surface area contributed by atoms with Crippen molar-refractivity contribution < 1.29 is 19.1 Å². The van der Waals surface area contributed by atoms with E-state index in [9.17, 15) is 19.1 Å². The number of hydrogen-bond donors (Lipinski definition) is 1. The molecule has 0 saturated carbocycles. The van der Waals surface area contributed by atoms with Crippen LogP contribution >= 0.6 is 0 Å². The number of aliphatic hydroxyl groups excluding tert-OH is 1.